The first kappa shape index (κ1) is 13.7. The minimum Gasteiger partial charge on any atom is -0.478 e. The Bertz CT molecular complexity index is 358. The van der Waals surface area contributed by atoms with E-state index < -0.39 is 5.97 Å². The monoisotopic (exact) mass is 238 g/mol. The van der Waals surface area contributed by atoms with Gasteiger partial charge >= 0.3 is 5.97 Å². The molecule has 4 nitrogen and oxygen atoms in total. The standard InChI is InChI=1S/C13H22N2O2/c1-3-4-5-6-7-8-9-15-10-12(13(16)17)11(2)14-15/h10H,3-9H2,1-2H3,(H,16,17). The molecule has 1 heterocycles. The number of aromatic nitrogens is 2. The van der Waals surface area contributed by atoms with Gasteiger partial charge < -0.3 is 5.11 Å². The van der Waals surface area contributed by atoms with Gasteiger partial charge in [0.2, 0.25) is 0 Å². The number of hydrogen-bond acceptors (Lipinski definition) is 2. The van der Waals surface area contributed by atoms with E-state index in [1.165, 1.54) is 32.1 Å². The van der Waals surface area contributed by atoms with Crippen LogP contribution in [-0.4, -0.2) is 20.9 Å². The second-order valence-corrected chi connectivity index (χ2v) is 4.46. The van der Waals surface area contributed by atoms with Crippen molar-refractivity contribution < 1.29 is 9.90 Å². The minimum absolute atomic E-state index is 0.316. The van der Waals surface area contributed by atoms with Crippen molar-refractivity contribution in [1.29, 1.82) is 0 Å². The number of nitrogens with zero attached hydrogens (tertiary/aromatic N) is 2. The highest BCUT2D eigenvalue weighted by atomic mass is 16.4. The van der Waals surface area contributed by atoms with Crippen LogP contribution in [0.4, 0.5) is 0 Å². The van der Waals surface area contributed by atoms with Crippen LogP contribution in [0.3, 0.4) is 0 Å². The van der Waals surface area contributed by atoms with Gasteiger partial charge in [0.05, 0.1) is 5.69 Å². The van der Waals surface area contributed by atoms with Gasteiger partial charge in [0.1, 0.15) is 5.56 Å². The van der Waals surface area contributed by atoms with Crippen molar-refractivity contribution in [2.45, 2.75) is 58.9 Å². The SMILES string of the molecule is CCCCCCCCn1cc(C(=O)O)c(C)n1. The lowest BCUT2D eigenvalue weighted by Gasteiger charge is -2.01. The number of carbonyl (C=O) groups is 1. The largest absolute Gasteiger partial charge is 0.478 e. The maximum Gasteiger partial charge on any atom is 0.339 e. The van der Waals surface area contributed by atoms with Gasteiger partial charge in [-0.1, -0.05) is 39.0 Å². The fourth-order valence-electron chi connectivity index (χ4n) is 1.90. The molecular formula is C13H22N2O2. The van der Waals surface area contributed by atoms with Gasteiger partial charge in [-0.05, 0) is 13.3 Å². The molecule has 1 rings (SSSR count). The van der Waals surface area contributed by atoms with Crippen LogP contribution < -0.4 is 0 Å². The summed E-state index contributed by atoms with van der Waals surface area (Å²) in [4.78, 5) is 10.8. The summed E-state index contributed by atoms with van der Waals surface area (Å²) < 4.78 is 1.75. The van der Waals surface area contributed by atoms with Crippen LogP contribution in [0.2, 0.25) is 0 Å². The highest BCUT2D eigenvalue weighted by Crippen LogP contribution is 2.09. The summed E-state index contributed by atoms with van der Waals surface area (Å²) in [5, 5.41) is 13.1. The van der Waals surface area contributed by atoms with Gasteiger partial charge in [-0.3, -0.25) is 4.68 Å². The lowest BCUT2D eigenvalue weighted by molar-refractivity contribution is 0.0696. The Labute approximate surface area is 103 Å². The van der Waals surface area contributed by atoms with Crippen LogP contribution in [0.15, 0.2) is 6.20 Å². The van der Waals surface area contributed by atoms with Gasteiger partial charge in [-0.25, -0.2) is 4.79 Å². The molecule has 0 amide bonds. The maximum atomic E-state index is 10.8. The van der Waals surface area contributed by atoms with Crippen LogP contribution in [-0.2, 0) is 6.54 Å². The summed E-state index contributed by atoms with van der Waals surface area (Å²) in [6, 6.07) is 0. The fourth-order valence-corrected chi connectivity index (χ4v) is 1.90. The van der Waals surface area contributed by atoms with E-state index in [0.717, 1.165) is 13.0 Å². The van der Waals surface area contributed by atoms with E-state index in [9.17, 15) is 4.79 Å². The molecule has 0 unspecified atom stereocenters. The molecule has 0 aliphatic rings. The maximum absolute atomic E-state index is 10.8. The Morgan fingerprint density at radius 3 is 2.53 bits per heavy atom. The fraction of sp³-hybridized carbons (Fsp3) is 0.692. The lowest BCUT2D eigenvalue weighted by atomic mass is 10.1. The zero-order valence-corrected chi connectivity index (χ0v) is 10.8. The molecule has 0 radical (unpaired) electrons. The van der Waals surface area contributed by atoms with E-state index in [-0.39, 0.29) is 0 Å². The first-order valence-corrected chi connectivity index (χ1v) is 6.42. The molecule has 4 heteroatoms. The summed E-state index contributed by atoms with van der Waals surface area (Å²) in [5.41, 5.74) is 0.916. The first-order chi connectivity index (χ1) is 8.15. The highest BCUT2D eigenvalue weighted by molar-refractivity contribution is 5.88. The van der Waals surface area contributed by atoms with E-state index in [4.69, 9.17) is 5.11 Å². The number of unbranched alkanes of at least 4 members (excludes halogenated alkanes) is 5. The zero-order chi connectivity index (χ0) is 12.7. The molecule has 96 valence electrons. The van der Waals surface area contributed by atoms with Crippen molar-refractivity contribution in [1.82, 2.24) is 9.78 Å². The molecule has 1 aromatic rings. The number of aryl methyl sites for hydroxylation is 2. The molecule has 0 bridgehead atoms. The van der Waals surface area contributed by atoms with E-state index in [1.54, 1.807) is 17.8 Å². The van der Waals surface area contributed by atoms with Crippen molar-refractivity contribution in [3.8, 4) is 0 Å². The van der Waals surface area contributed by atoms with Gasteiger partial charge in [-0.2, -0.15) is 5.10 Å². The van der Waals surface area contributed by atoms with Crippen molar-refractivity contribution >= 4 is 5.97 Å². The van der Waals surface area contributed by atoms with Crippen molar-refractivity contribution in [3.63, 3.8) is 0 Å². The normalized spacial score (nSPS) is 10.7. The van der Waals surface area contributed by atoms with Crippen LogP contribution in [0.5, 0.6) is 0 Å². The second-order valence-electron chi connectivity index (χ2n) is 4.46. The highest BCUT2D eigenvalue weighted by Gasteiger charge is 2.10. The molecule has 0 aromatic carbocycles. The Morgan fingerprint density at radius 1 is 1.29 bits per heavy atom. The van der Waals surface area contributed by atoms with E-state index >= 15 is 0 Å². The third-order valence-electron chi connectivity index (χ3n) is 2.92. The molecule has 0 aliphatic heterocycles. The molecule has 0 spiro atoms. The second kappa shape index (κ2) is 7.09. The van der Waals surface area contributed by atoms with Crippen LogP contribution in [0.1, 0.15) is 61.5 Å². The summed E-state index contributed by atoms with van der Waals surface area (Å²) in [5.74, 6) is -0.892. The molecule has 17 heavy (non-hydrogen) atoms. The third kappa shape index (κ3) is 4.59. The molecule has 0 saturated heterocycles. The molecular weight excluding hydrogens is 216 g/mol. The van der Waals surface area contributed by atoms with Crippen LogP contribution in [0.25, 0.3) is 0 Å². The molecule has 0 saturated carbocycles. The van der Waals surface area contributed by atoms with Crippen molar-refractivity contribution in [3.05, 3.63) is 17.5 Å². The summed E-state index contributed by atoms with van der Waals surface area (Å²) >= 11 is 0. The molecule has 1 aromatic heterocycles. The summed E-state index contributed by atoms with van der Waals surface area (Å²) in [6.07, 6.45) is 9.04. The Morgan fingerprint density at radius 2 is 1.94 bits per heavy atom. The van der Waals surface area contributed by atoms with E-state index in [2.05, 4.69) is 12.0 Å². The molecule has 0 atom stereocenters. The number of hydrogen-bond donors (Lipinski definition) is 1. The average Bonchev–Trinajstić information content (AvgIpc) is 2.65. The van der Waals surface area contributed by atoms with Crippen molar-refractivity contribution in [2.75, 3.05) is 0 Å². The lowest BCUT2D eigenvalue weighted by Crippen LogP contribution is -1.99. The number of rotatable bonds is 8. The van der Waals surface area contributed by atoms with Gasteiger partial charge in [-0.15, -0.1) is 0 Å². The first-order valence-electron chi connectivity index (χ1n) is 6.42. The van der Waals surface area contributed by atoms with Gasteiger partial charge in [0, 0.05) is 12.7 Å². The molecule has 0 aliphatic carbocycles. The predicted molar refractivity (Wildman–Crippen MR) is 67.3 cm³/mol. The van der Waals surface area contributed by atoms with Gasteiger partial charge in [0.15, 0.2) is 0 Å². The summed E-state index contributed by atoms with van der Waals surface area (Å²) in [6.45, 7) is 4.77. The smallest absolute Gasteiger partial charge is 0.339 e. The molecule has 1 N–H and O–H groups in total. The third-order valence-corrected chi connectivity index (χ3v) is 2.92. The van der Waals surface area contributed by atoms with Gasteiger partial charge in [0.25, 0.3) is 0 Å². The zero-order valence-electron chi connectivity index (χ0n) is 10.8. The number of carboxylic acids is 1. The Balaban J connectivity index is 2.27. The predicted octanol–water partition coefficient (Wildman–Crippen LogP) is 3.25. The number of carboxylic acid groups (broad SMARTS) is 1. The molecule has 0 fully saturated rings. The van der Waals surface area contributed by atoms with Crippen molar-refractivity contribution in [2.24, 2.45) is 0 Å². The average molecular weight is 238 g/mol. The van der Waals surface area contributed by atoms with E-state index in [0.29, 0.717) is 11.3 Å². The summed E-state index contributed by atoms with van der Waals surface area (Å²) in [7, 11) is 0. The van der Waals surface area contributed by atoms with Crippen LogP contribution in [0, 0.1) is 6.92 Å². The minimum atomic E-state index is -0.892. The quantitative estimate of drug-likeness (QED) is 0.707. The Kier molecular flexibility index (Phi) is 5.73. The van der Waals surface area contributed by atoms with E-state index in [1.807, 2.05) is 0 Å². The Hall–Kier alpha value is -1.32. The van der Waals surface area contributed by atoms with Crippen LogP contribution >= 0.6 is 0 Å². The number of aromatic carboxylic acids is 1. The topological polar surface area (TPSA) is 55.1 Å².